The first kappa shape index (κ1) is 18.8. The highest BCUT2D eigenvalue weighted by atomic mass is 16.5. The largest absolute Gasteiger partial charge is 0.497 e. The quantitative estimate of drug-likeness (QED) is 0.730. The van der Waals surface area contributed by atoms with Gasteiger partial charge in [-0.25, -0.2) is 9.97 Å². The van der Waals surface area contributed by atoms with Gasteiger partial charge in [0.05, 0.1) is 7.11 Å². The maximum Gasteiger partial charge on any atom is 0.158 e. The van der Waals surface area contributed by atoms with Gasteiger partial charge in [-0.1, -0.05) is 0 Å². The average Bonchev–Trinajstić information content (AvgIpc) is 3.28. The Bertz CT molecular complexity index is 1050. The van der Waals surface area contributed by atoms with Gasteiger partial charge in [0, 0.05) is 55.9 Å². The molecule has 1 fully saturated rings. The van der Waals surface area contributed by atoms with Gasteiger partial charge < -0.3 is 20.3 Å². The molecule has 0 radical (unpaired) electrons. The monoisotopic (exact) mass is 389 g/mol. The number of anilines is 2. The van der Waals surface area contributed by atoms with E-state index in [4.69, 9.17) is 10.5 Å². The van der Waals surface area contributed by atoms with E-state index in [2.05, 4.69) is 39.0 Å². The molecule has 1 aromatic carbocycles. The van der Waals surface area contributed by atoms with E-state index >= 15 is 0 Å². The fourth-order valence-corrected chi connectivity index (χ4v) is 3.56. The molecule has 1 aliphatic rings. The molecule has 29 heavy (non-hydrogen) atoms. The Morgan fingerprint density at radius 1 is 1.14 bits per heavy atom. The Morgan fingerprint density at radius 3 is 2.59 bits per heavy atom. The minimum atomic E-state index is 0.340. The summed E-state index contributed by atoms with van der Waals surface area (Å²) in [6.45, 7) is 3.88. The van der Waals surface area contributed by atoms with E-state index in [-0.39, 0.29) is 0 Å². The molecule has 1 aliphatic heterocycles. The van der Waals surface area contributed by atoms with Crippen molar-refractivity contribution >= 4 is 11.5 Å². The molecule has 0 atom stereocenters. The molecule has 0 saturated carbocycles. The zero-order valence-electron chi connectivity index (χ0n) is 16.5. The van der Waals surface area contributed by atoms with Gasteiger partial charge in [0.15, 0.2) is 5.82 Å². The van der Waals surface area contributed by atoms with Crippen molar-refractivity contribution in [2.24, 2.45) is 0 Å². The highest BCUT2D eigenvalue weighted by molar-refractivity contribution is 5.79. The lowest BCUT2D eigenvalue weighted by Gasteiger charge is -2.34. The van der Waals surface area contributed by atoms with Gasteiger partial charge in [-0.15, -0.1) is 0 Å². The number of nitrogens with two attached hydrogens (primary N) is 1. The fourth-order valence-electron chi connectivity index (χ4n) is 3.56. The number of benzene rings is 1. The van der Waals surface area contributed by atoms with Gasteiger partial charge in [0.2, 0.25) is 0 Å². The summed E-state index contributed by atoms with van der Waals surface area (Å²) in [5, 5.41) is 9.91. The molecule has 0 amide bonds. The number of nitrogen functional groups attached to an aromatic ring is 1. The van der Waals surface area contributed by atoms with Crippen LogP contribution in [0.2, 0.25) is 0 Å². The summed E-state index contributed by atoms with van der Waals surface area (Å²) in [5.41, 5.74) is 9.18. The Balaban J connectivity index is 1.84. The van der Waals surface area contributed by atoms with Gasteiger partial charge in [0.1, 0.15) is 29.5 Å². The predicted octanol–water partition coefficient (Wildman–Crippen LogP) is 2.15. The number of likely N-dealkylation sites (N-methyl/N-ethyl adjacent to an activating group) is 1. The van der Waals surface area contributed by atoms with Crippen LogP contribution >= 0.6 is 0 Å². The molecule has 2 N–H and O–H groups in total. The van der Waals surface area contributed by atoms with Crippen LogP contribution < -0.4 is 15.4 Å². The maximum atomic E-state index is 9.91. The maximum absolute atomic E-state index is 9.91. The van der Waals surface area contributed by atoms with Crippen molar-refractivity contribution in [2.45, 2.75) is 0 Å². The Labute approximate surface area is 169 Å². The van der Waals surface area contributed by atoms with Crippen molar-refractivity contribution in [3.8, 4) is 28.8 Å². The summed E-state index contributed by atoms with van der Waals surface area (Å²) in [6, 6.07) is 10.1. The molecule has 0 spiro atoms. The molecule has 0 bridgehead atoms. The number of hydrogen-bond donors (Lipinski definition) is 1. The second-order valence-corrected chi connectivity index (χ2v) is 7.09. The van der Waals surface area contributed by atoms with Crippen LogP contribution in [0.15, 0.2) is 43.0 Å². The van der Waals surface area contributed by atoms with Crippen LogP contribution in [-0.4, -0.2) is 59.8 Å². The van der Waals surface area contributed by atoms with Crippen molar-refractivity contribution in [1.29, 1.82) is 5.26 Å². The molecule has 3 heterocycles. The lowest BCUT2D eigenvalue weighted by atomic mass is 9.99. The highest BCUT2D eigenvalue weighted by Gasteiger charge is 2.19. The van der Waals surface area contributed by atoms with E-state index in [1.807, 2.05) is 12.1 Å². The molecular formula is C21H23N7O. The number of rotatable bonds is 4. The minimum Gasteiger partial charge on any atom is -0.497 e. The number of ether oxygens (including phenoxy) is 1. The Morgan fingerprint density at radius 2 is 1.93 bits per heavy atom. The number of piperazine rings is 1. The molecule has 4 rings (SSSR count). The second-order valence-electron chi connectivity index (χ2n) is 7.09. The lowest BCUT2D eigenvalue weighted by molar-refractivity contribution is 0.312. The van der Waals surface area contributed by atoms with Crippen molar-refractivity contribution in [1.82, 2.24) is 19.4 Å². The molecule has 2 aromatic heterocycles. The van der Waals surface area contributed by atoms with Gasteiger partial charge in [-0.3, -0.25) is 4.57 Å². The highest BCUT2D eigenvalue weighted by Crippen LogP contribution is 2.35. The third-order valence-electron chi connectivity index (χ3n) is 5.19. The zero-order chi connectivity index (χ0) is 20.4. The number of aromatic nitrogens is 3. The van der Waals surface area contributed by atoms with Crippen LogP contribution in [0.4, 0.5) is 11.5 Å². The first-order chi connectivity index (χ1) is 14.1. The summed E-state index contributed by atoms with van der Waals surface area (Å²) in [7, 11) is 3.78. The van der Waals surface area contributed by atoms with E-state index in [1.54, 1.807) is 36.5 Å². The first-order valence-corrected chi connectivity index (χ1v) is 9.41. The van der Waals surface area contributed by atoms with Gasteiger partial charge in [-0.2, -0.15) is 5.26 Å². The van der Waals surface area contributed by atoms with Crippen LogP contribution in [0.1, 0.15) is 5.56 Å². The standard InChI is InChI=1S/C21H23N7O/c1-26-5-7-27(8-6-26)16-9-15(10-17(11-16)29-2)18-12-20(23)25-21(19(18)13-22)28-4-3-24-14-28/h3-4,9-12,14H,5-8H2,1-2H3,(H2,23,25). The van der Waals surface area contributed by atoms with Crippen LogP contribution in [0.5, 0.6) is 5.75 Å². The fraction of sp³-hybridized carbons (Fsp3) is 0.286. The Kier molecular flexibility index (Phi) is 5.06. The molecule has 0 unspecified atom stereocenters. The van der Waals surface area contributed by atoms with Crippen LogP contribution in [-0.2, 0) is 0 Å². The topological polar surface area (TPSA) is 96.2 Å². The summed E-state index contributed by atoms with van der Waals surface area (Å²) in [4.78, 5) is 13.1. The number of hydrogen-bond acceptors (Lipinski definition) is 7. The number of nitrogens with zero attached hydrogens (tertiary/aromatic N) is 6. The van der Waals surface area contributed by atoms with Gasteiger partial charge in [0.25, 0.3) is 0 Å². The van der Waals surface area contributed by atoms with Crippen molar-refractivity contribution in [2.75, 3.05) is 51.0 Å². The van der Waals surface area contributed by atoms with E-state index in [0.29, 0.717) is 17.2 Å². The van der Waals surface area contributed by atoms with Crippen LogP contribution in [0.25, 0.3) is 16.9 Å². The third kappa shape index (κ3) is 3.73. The van der Waals surface area contributed by atoms with Gasteiger partial charge >= 0.3 is 0 Å². The minimum absolute atomic E-state index is 0.340. The molecular weight excluding hydrogens is 366 g/mol. The SMILES string of the molecule is COc1cc(-c2cc(N)nc(-n3ccnc3)c2C#N)cc(N2CCN(C)CC2)c1. The normalized spacial score (nSPS) is 14.6. The van der Waals surface area contributed by atoms with Crippen molar-refractivity contribution in [3.05, 3.63) is 48.5 Å². The van der Waals surface area contributed by atoms with Crippen molar-refractivity contribution in [3.63, 3.8) is 0 Å². The number of pyridine rings is 1. The summed E-state index contributed by atoms with van der Waals surface area (Å²) in [5.74, 6) is 1.54. The lowest BCUT2D eigenvalue weighted by Crippen LogP contribution is -2.44. The summed E-state index contributed by atoms with van der Waals surface area (Å²) < 4.78 is 7.25. The molecule has 1 saturated heterocycles. The van der Waals surface area contributed by atoms with Gasteiger partial charge in [-0.05, 0) is 30.8 Å². The first-order valence-electron chi connectivity index (χ1n) is 9.41. The smallest absolute Gasteiger partial charge is 0.158 e. The second kappa shape index (κ2) is 7.81. The molecule has 0 aliphatic carbocycles. The van der Waals surface area contributed by atoms with Crippen molar-refractivity contribution < 1.29 is 4.74 Å². The molecule has 8 heteroatoms. The number of imidazole rings is 1. The average molecular weight is 389 g/mol. The number of nitriles is 1. The summed E-state index contributed by atoms with van der Waals surface area (Å²) in [6.07, 6.45) is 4.99. The van der Waals surface area contributed by atoms with E-state index < -0.39 is 0 Å². The van der Waals surface area contributed by atoms with Crippen LogP contribution in [0, 0.1) is 11.3 Å². The molecule has 3 aromatic rings. The van der Waals surface area contributed by atoms with E-state index in [1.165, 1.54) is 0 Å². The predicted molar refractivity (Wildman–Crippen MR) is 112 cm³/mol. The van der Waals surface area contributed by atoms with Crippen LogP contribution in [0.3, 0.4) is 0 Å². The zero-order valence-corrected chi connectivity index (χ0v) is 16.5. The molecule has 148 valence electrons. The van der Waals surface area contributed by atoms with E-state index in [9.17, 15) is 5.26 Å². The van der Waals surface area contributed by atoms with E-state index in [0.717, 1.165) is 48.7 Å². The number of methoxy groups -OCH3 is 1. The Hall–Kier alpha value is -3.57. The third-order valence-corrected chi connectivity index (χ3v) is 5.19. The molecule has 8 nitrogen and oxygen atoms in total. The summed E-state index contributed by atoms with van der Waals surface area (Å²) >= 11 is 0.